The fourth-order valence-corrected chi connectivity index (χ4v) is 1.72. The van der Waals surface area contributed by atoms with Gasteiger partial charge in [-0.2, -0.15) is 0 Å². The Balaban J connectivity index is 3.86. The van der Waals surface area contributed by atoms with Crippen molar-refractivity contribution in [2.24, 2.45) is 0 Å². The molecule has 0 rings (SSSR count). The van der Waals surface area contributed by atoms with E-state index in [1.807, 2.05) is 12.2 Å². The van der Waals surface area contributed by atoms with Crippen LogP contribution in [0.15, 0.2) is 12.2 Å². The smallest absolute Gasteiger partial charge is 0.302 e. The molecule has 0 radical (unpaired) electrons. The summed E-state index contributed by atoms with van der Waals surface area (Å²) in [5, 5.41) is 0.233. The van der Waals surface area contributed by atoms with Crippen LogP contribution in [0.25, 0.3) is 0 Å². The Morgan fingerprint density at radius 1 is 1.19 bits per heavy atom. The van der Waals surface area contributed by atoms with Gasteiger partial charge in [-0.05, 0) is 24.2 Å². The van der Waals surface area contributed by atoms with Crippen LogP contribution in [-0.4, -0.2) is 27.5 Å². The van der Waals surface area contributed by atoms with Crippen LogP contribution in [-0.2, 0) is 14.0 Å². The fraction of sp³-hybridized carbons (Fsp3) is 0.750. The van der Waals surface area contributed by atoms with Gasteiger partial charge in [0.25, 0.3) is 0 Å². The summed E-state index contributed by atoms with van der Waals surface area (Å²) >= 11 is 0. The number of hydrogen-bond acceptors (Lipinski definition) is 3. The quantitative estimate of drug-likeness (QED) is 0.423. The van der Waals surface area contributed by atoms with E-state index in [2.05, 4.69) is 33.9 Å². The van der Waals surface area contributed by atoms with Crippen molar-refractivity contribution in [3.63, 3.8) is 0 Å². The predicted molar refractivity (Wildman–Crippen MR) is 68.9 cm³/mol. The minimum atomic E-state index is -1.65. The molecule has 0 saturated carbocycles. The lowest BCUT2D eigenvalue weighted by Crippen LogP contribution is -2.40. The summed E-state index contributed by atoms with van der Waals surface area (Å²) in [6.07, 6.45) is 3.72. The predicted octanol–water partition coefficient (Wildman–Crippen LogP) is 3.13. The molecular formula is C12H24O3Si. The second-order valence-corrected chi connectivity index (χ2v) is 10.2. The van der Waals surface area contributed by atoms with E-state index in [1.54, 1.807) is 0 Å². The fourth-order valence-electron chi connectivity index (χ4n) is 0.775. The van der Waals surface area contributed by atoms with Crippen molar-refractivity contribution >= 4 is 14.3 Å². The molecule has 0 aromatic carbocycles. The van der Waals surface area contributed by atoms with Gasteiger partial charge in [0.05, 0.1) is 6.61 Å². The summed E-state index contributed by atoms with van der Waals surface area (Å²) < 4.78 is 10.7. The maximum absolute atomic E-state index is 10.5. The molecule has 0 heterocycles. The van der Waals surface area contributed by atoms with Crippen LogP contribution in [0.1, 0.15) is 27.7 Å². The van der Waals surface area contributed by atoms with Crippen molar-refractivity contribution in [1.82, 2.24) is 0 Å². The van der Waals surface area contributed by atoms with E-state index in [1.165, 1.54) is 6.92 Å². The first kappa shape index (κ1) is 15.4. The second kappa shape index (κ2) is 6.20. The molecular weight excluding hydrogens is 220 g/mol. The third-order valence-electron chi connectivity index (χ3n) is 2.90. The molecule has 94 valence electrons. The third-order valence-corrected chi connectivity index (χ3v) is 7.40. The Bertz CT molecular complexity index is 251. The highest BCUT2D eigenvalue weighted by atomic mass is 28.4. The van der Waals surface area contributed by atoms with Crippen molar-refractivity contribution in [3.8, 4) is 0 Å². The largest absolute Gasteiger partial charge is 0.462 e. The Labute approximate surface area is 100.0 Å². The van der Waals surface area contributed by atoms with Gasteiger partial charge >= 0.3 is 5.97 Å². The maximum Gasteiger partial charge on any atom is 0.302 e. The van der Waals surface area contributed by atoms with Crippen molar-refractivity contribution in [2.45, 2.75) is 45.8 Å². The lowest BCUT2D eigenvalue weighted by molar-refractivity contribution is -0.139. The van der Waals surface area contributed by atoms with Gasteiger partial charge in [-0.3, -0.25) is 4.79 Å². The zero-order chi connectivity index (χ0) is 12.8. The normalized spacial score (nSPS) is 13.1. The first-order chi connectivity index (χ1) is 7.17. The molecule has 0 amide bonds. The number of hydrogen-bond donors (Lipinski definition) is 0. The Morgan fingerprint density at radius 3 is 2.12 bits per heavy atom. The van der Waals surface area contributed by atoms with E-state index in [0.717, 1.165) is 0 Å². The molecule has 4 heteroatoms. The number of rotatable bonds is 5. The van der Waals surface area contributed by atoms with E-state index in [-0.39, 0.29) is 11.0 Å². The van der Waals surface area contributed by atoms with Crippen LogP contribution in [0.5, 0.6) is 0 Å². The SMILES string of the molecule is CC(=O)OC/C=C/CO[Si](C)(C)C(C)(C)C. The lowest BCUT2D eigenvalue weighted by Gasteiger charge is -2.35. The molecule has 0 aliphatic rings. The van der Waals surface area contributed by atoms with Crippen molar-refractivity contribution in [2.75, 3.05) is 13.2 Å². The minimum absolute atomic E-state index is 0.233. The molecule has 0 aromatic rings. The van der Waals surface area contributed by atoms with E-state index in [9.17, 15) is 4.79 Å². The van der Waals surface area contributed by atoms with Crippen LogP contribution in [0.3, 0.4) is 0 Å². The van der Waals surface area contributed by atoms with Gasteiger partial charge in [-0.1, -0.05) is 26.8 Å². The molecule has 0 spiro atoms. The summed E-state index contributed by atoms with van der Waals surface area (Å²) in [5.74, 6) is -0.255. The molecule has 16 heavy (non-hydrogen) atoms. The molecule has 0 unspecified atom stereocenters. The van der Waals surface area contributed by atoms with Gasteiger partial charge in [0.15, 0.2) is 8.32 Å². The van der Waals surface area contributed by atoms with Gasteiger partial charge in [-0.25, -0.2) is 0 Å². The molecule has 0 N–H and O–H groups in total. The molecule has 0 aliphatic heterocycles. The zero-order valence-corrected chi connectivity index (χ0v) is 12.3. The molecule has 3 nitrogen and oxygen atoms in total. The second-order valence-electron chi connectivity index (χ2n) is 5.35. The molecule has 0 bridgehead atoms. The summed E-state index contributed by atoms with van der Waals surface area (Å²) in [7, 11) is -1.65. The molecule has 0 aliphatic carbocycles. The van der Waals surface area contributed by atoms with Gasteiger partial charge < -0.3 is 9.16 Å². The minimum Gasteiger partial charge on any atom is -0.462 e. The van der Waals surface area contributed by atoms with E-state index in [4.69, 9.17) is 9.16 Å². The summed E-state index contributed by atoms with van der Waals surface area (Å²) in [6, 6.07) is 0. The molecule has 0 saturated heterocycles. The lowest BCUT2D eigenvalue weighted by atomic mass is 10.2. The van der Waals surface area contributed by atoms with Gasteiger partial charge in [0.1, 0.15) is 6.61 Å². The average molecular weight is 244 g/mol. The standard InChI is InChI=1S/C12H24O3Si/c1-11(13)14-9-7-8-10-15-16(5,6)12(2,3)4/h7-8H,9-10H2,1-6H3/b8-7+. The van der Waals surface area contributed by atoms with Crippen LogP contribution >= 0.6 is 0 Å². The summed E-state index contributed by atoms with van der Waals surface area (Å²) in [5.41, 5.74) is 0. The topological polar surface area (TPSA) is 35.5 Å². The Morgan fingerprint density at radius 2 is 1.69 bits per heavy atom. The van der Waals surface area contributed by atoms with Gasteiger partial charge in [0.2, 0.25) is 0 Å². The van der Waals surface area contributed by atoms with Crippen LogP contribution in [0.4, 0.5) is 0 Å². The summed E-state index contributed by atoms with van der Waals surface area (Å²) in [4.78, 5) is 10.5. The monoisotopic (exact) mass is 244 g/mol. The Hall–Kier alpha value is -0.613. The zero-order valence-electron chi connectivity index (χ0n) is 11.3. The highest BCUT2D eigenvalue weighted by molar-refractivity contribution is 6.74. The third kappa shape index (κ3) is 6.08. The average Bonchev–Trinajstić information content (AvgIpc) is 2.08. The number of carbonyl (C=O) groups excluding carboxylic acids is 1. The van der Waals surface area contributed by atoms with Crippen LogP contribution < -0.4 is 0 Å². The molecule has 0 atom stereocenters. The van der Waals surface area contributed by atoms with E-state index >= 15 is 0 Å². The van der Waals surface area contributed by atoms with E-state index < -0.39 is 8.32 Å². The first-order valence-corrected chi connectivity index (χ1v) is 8.50. The van der Waals surface area contributed by atoms with Gasteiger partial charge in [-0.15, -0.1) is 0 Å². The van der Waals surface area contributed by atoms with Crippen molar-refractivity contribution < 1.29 is 14.0 Å². The maximum atomic E-state index is 10.5. The highest BCUT2D eigenvalue weighted by Crippen LogP contribution is 2.36. The van der Waals surface area contributed by atoms with Gasteiger partial charge in [0, 0.05) is 6.92 Å². The Kier molecular flexibility index (Phi) is 5.97. The van der Waals surface area contributed by atoms with Crippen molar-refractivity contribution in [1.29, 1.82) is 0 Å². The molecule has 0 fully saturated rings. The van der Waals surface area contributed by atoms with E-state index in [0.29, 0.717) is 13.2 Å². The molecule has 0 aromatic heterocycles. The van der Waals surface area contributed by atoms with Crippen LogP contribution in [0.2, 0.25) is 18.1 Å². The number of ether oxygens (including phenoxy) is 1. The van der Waals surface area contributed by atoms with Crippen molar-refractivity contribution in [3.05, 3.63) is 12.2 Å². The first-order valence-electron chi connectivity index (χ1n) is 5.59. The number of esters is 1. The summed E-state index contributed by atoms with van der Waals surface area (Å²) in [6.45, 7) is 13.4. The van der Waals surface area contributed by atoms with Crippen LogP contribution in [0, 0.1) is 0 Å². The highest BCUT2D eigenvalue weighted by Gasteiger charge is 2.36. The number of carbonyl (C=O) groups is 1.